The number of carboxylic acids is 1. The van der Waals surface area contributed by atoms with Crippen molar-refractivity contribution in [1.82, 2.24) is 29.5 Å². The molecule has 1 saturated carbocycles. The number of H-pyrrole nitrogens is 1. The van der Waals surface area contributed by atoms with Gasteiger partial charge in [-0.2, -0.15) is 0 Å². The minimum atomic E-state index is -0.810. The number of hydrogen-bond donors (Lipinski definition) is 3. The van der Waals surface area contributed by atoms with E-state index in [1.54, 1.807) is 12.5 Å². The summed E-state index contributed by atoms with van der Waals surface area (Å²) in [6.07, 6.45) is 10.4. The lowest BCUT2D eigenvalue weighted by atomic mass is 9.66. The van der Waals surface area contributed by atoms with Gasteiger partial charge < -0.3 is 20.0 Å². The number of allylic oxidation sites excluding steroid dienone is 1. The third-order valence-corrected chi connectivity index (χ3v) is 6.65. The Kier molecular flexibility index (Phi) is 4.04. The number of aliphatic carboxylic acids is 1. The number of aromatic amines is 1. The Labute approximate surface area is 181 Å². The van der Waals surface area contributed by atoms with E-state index in [-0.39, 0.29) is 17.9 Å². The maximum atomic E-state index is 13.9. The van der Waals surface area contributed by atoms with Crippen molar-refractivity contribution in [3.63, 3.8) is 0 Å². The Morgan fingerprint density at radius 3 is 2.84 bits per heavy atom. The number of nitrogens with one attached hydrogen (secondary N) is 2. The van der Waals surface area contributed by atoms with Crippen LogP contribution in [0.15, 0.2) is 36.9 Å². The first-order valence-electron chi connectivity index (χ1n) is 10.5. The van der Waals surface area contributed by atoms with E-state index < -0.39 is 17.7 Å². The topological polar surface area (TPSA) is 122 Å². The van der Waals surface area contributed by atoms with Gasteiger partial charge in [-0.25, -0.2) is 24.3 Å². The highest BCUT2D eigenvalue weighted by Crippen LogP contribution is 2.42. The van der Waals surface area contributed by atoms with Crippen molar-refractivity contribution < 1.29 is 14.3 Å². The second-order valence-corrected chi connectivity index (χ2v) is 8.50. The Morgan fingerprint density at radius 2 is 2.06 bits per heavy atom. The van der Waals surface area contributed by atoms with Gasteiger partial charge in [-0.3, -0.25) is 4.79 Å². The van der Waals surface area contributed by atoms with Crippen LogP contribution in [0, 0.1) is 23.6 Å². The molecule has 4 aromatic heterocycles. The summed E-state index contributed by atoms with van der Waals surface area (Å²) in [5, 5.41) is 13.9. The van der Waals surface area contributed by atoms with Gasteiger partial charge in [-0.15, -0.1) is 0 Å². The van der Waals surface area contributed by atoms with Crippen molar-refractivity contribution in [3.05, 3.63) is 42.8 Å². The molecule has 0 spiro atoms. The predicted molar refractivity (Wildman–Crippen MR) is 115 cm³/mol. The van der Waals surface area contributed by atoms with E-state index in [9.17, 15) is 14.3 Å². The third kappa shape index (κ3) is 2.79. The van der Waals surface area contributed by atoms with Crippen LogP contribution in [-0.2, 0) is 11.8 Å². The Balaban J connectivity index is 1.49. The number of pyridine rings is 1. The van der Waals surface area contributed by atoms with Crippen LogP contribution < -0.4 is 5.32 Å². The highest BCUT2D eigenvalue weighted by molar-refractivity contribution is 5.94. The van der Waals surface area contributed by atoms with Crippen LogP contribution in [-0.4, -0.2) is 46.6 Å². The molecule has 0 saturated heterocycles. The number of carbonyl (C=O) groups is 1. The normalized spacial score (nSPS) is 24.4. The van der Waals surface area contributed by atoms with Crippen molar-refractivity contribution in [2.75, 3.05) is 5.32 Å². The molecule has 162 valence electrons. The Bertz CT molecular complexity index is 1410. The van der Waals surface area contributed by atoms with Gasteiger partial charge in [0.1, 0.15) is 17.0 Å². The van der Waals surface area contributed by atoms with Gasteiger partial charge in [-0.05, 0) is 30.7 Å². The molecule has 4 aromatic rings. The summed E-state index contributed by atoms with van der Waals surface area (Å²) in [7, 11) is 1.84. The quantitative estimate of drug-likeness (QED) is 0.423. The minimum absolute atomic E-state index is 0.000928. The van der Waals surface area contributed by atoms with Gasteiger partial charge in [0.25, 0.3) is 0 Å². The third-order valence-electron chi connectivity index (χ3n) is 6.65. The Morgan fingerprint density at radius 1 is 1.25 bits per heavy atom. The molecule has 0 aliphatic heterocycles. The number of anilines is 1. The monoisotopic (exact) mass is 433 g/mol. The molecule has 2 bridgehead atoms. The average molecular weight is 433 g/mol. The Hall–Kier alpha value is -3.82. The average Bonchev–Trinajstić information content (AvgIpc) is 3.37. The first kappa shape index (κ1) is 18.9. The van der Waals surface area contributed by atoms with E-state index in [4.69, 9.17) is 4.98 Å². The van der Waals surface area contributed by atoms with Crippen molar-refractivity contribution in [3.8, 4) is 11.4 Å². The number of imidazole rings is 1. The highest BCUT2D eigenvalue weighted by Gasteiger charge is 2.45. The molecule has 9 nitrogen and oxygen atoms in total. The van der Waals surface area contributed by atoms with E-state index in [1.807, 2.05) is 17.7 Å². The fourth-order valence-electron chi connectivity index (χ4n) is 5.13. The summed E-state index contributed by atoms with van der Waals surface area (Å²) in [4.78, 5) is 32.9. The molecular weight excluding hydrogens is 413 g/mol. The first-order chi connectivity index (χ1) is 15.5. The van der Waals surface area contributed by atoms with Gasteiger partial charge in [0.2, 0.25) is 0 Å². The zero-order valence-corrected chi connectivity index (χ0v) is 17.2. The molecule has 3 aliphatic carbocycles. The van der Waals surface area contributed by atoms with Gasteiger partial charge in [0.05, 0.1) is 18.4 Å². The van der Waals surface area contributed by atoms with E-state index in [0.29, 0.717) is 39.4 Å². The van der Waals surface area contributed by atoms with Crippen LogP contribution in [0.3, 0.4) is 0 Å². The zero-order chi connectivity index (χ0) is 22.0. The van der Waals surface area contributed by atoms with Crippen LogP contribution >= 0.6 is 0 Å². The SMILES string of the molecule is Cn1cnc2nc(-c3c[nH]c4ncc(F)cc34)nc(N[C@H]3C4C=CC(CC4)[C@@H]3C(=O)O)c21. The molecule has 3 N–H and O–H groups in total. The zero-order valence-electron chi connectivity index (χ0n) is 17.2. The molecule has 7 rings (SSSR count). The predicted octanol–water partition coefficient (Wildman–Crippen LogP) is 3.12. The number of halogens is 1. The molecule has 2 unspecified atom stereocenters. The summed E-state index contributed by atoms with van der Waals surface area (Å²) >= 11 is 0. The van der Waals surface area contributed by atoms with E-state index in [1.165, 1.54) is 6.07 Å². The largest absolute Gasteiger partial charge is 0.481 e. The maximum Gasteiger partial charge on any atom is 0.309 e. The molecule has 0 radical (unpaired) electrons. The number of rotatable bonds is 4. The molecule has 1 fully saturated rings. The van der Waals surface area contributed by atoms with Crippen LogP contribution in [0.5, 0.6) is 0 Å². The molecule has 4 heterocycles. The summed E-state index contributed by atoms with van der Waals surface area (Å²) in [5.41, 5.74) is 2.29. The van der Waals surface area contributed by atoms with Crippen LogP contribution in [0.1, 0.15) is 12.8 Å². The smallest absolute Gasteiger partial charge is 0.309 e. The lowest BCUT2D eigenvalue weighted by Crippen LogP contribution is -2.49. The van der Waals surface area contributed by atoms with E-state index >= 15 is 0 Å². The number of fused-ring (bicyclic) bond motifs is 4. The first-order valence-corrected chi connectivity index (χ1v) is 10.5. The fraction of sp³-hybridized carbons (Fsp3) is 0.318. The molecule has 0 aromatic carbocycles. The van der Waals surface area contributed by atoms with Crippen LogP contribution in [0.4, 0.5) is 10.2 Å². The van der Waals surface area contributed by atoms with Gasteiger partial charge in [0.15, 0.2) is 17.3 Å². The molecule has 4 atom stereocenters. The number of nitrogens with zero attached hydrogens (tertiary/aromatic N) is 5. The second kappa shape index (κ2) is 6.84. The van der Waals surface area contributed by atoms with Crippen LogP contribution in [0.25, 0.3) is 33.6 Å². The highest BCUT2D eigenvalue weighted by atomic mass is 19.1. The van der Waals surface area contributed by atoms with Crippen molar-refractivity contribution in [2.45, 2.75) is 18.9 Å². The number of hydrogen-bond acceptors (Lipinski definition) is 6. The second-order valence-electron chi connectivity index (χ2n) is 8.50. The molecule has 3 aliphatic rings. The molecule has 0 amide bonds. The lowest BCUT2D eigenvalue weighted by Gasteiger charge is -2.43. The van der Waals surface area contributed by atoms with Crippen molar-refractivity contribution in [1.29, 1.82) is 0 Å². The standard InChI is InChI=1S/C22H20FN7O2/c1-30-9-26-20-17(30)21(27-16-11-4-2-10(3-5-11)15(16)22(31)32)29-19(28-20)14-8-25-18-13(14)6-12(23)7-24-18/h2,4,6-11,15-16H,3,5H2,1H3,(H,24,25)(H,31,32)(H,27,28,29)/t10?,11?,15-,16-/m0/s1. The van der Waals surface area contributed by atoms with E-state index in [0.717, 1.165) is 19.0 Å². The molecular formula is C22H20FN7O2. The van der Waals surface area contributed by atoms with Gasteiger partial charge >= 0.3 is 5.97 Å². The number of aryl methyl sites for hydroxylation is 1. The molecule has 10 heteroatoms. The lowest BCUT2D eigenvalue weighted by molar-refractivity contribution is -0.145. The maximum absolute atomic E-state index is 13.9. The van der Waals surface area contributed by atoms with Crippen molar-refractivity contribution >= 4 is 34.0 Å². The summed E-state index contributed by atoms with van der Waals surface area (Å²) in [6, 6.07) is 1.10. The van der Waals surface area contributed by atoms with Crippen molar-refractivity contribution in [2.24, 2.45) is 24.8 Å². The van der Waals surface area contributed by atoms with Crippen LogP contribution in [0.2, 0.25) is 0 Å². The summed E-state index contributed by atoms with van der Waals surface area (Å²) < 4.78 is 15.7. The van der Waals surface area contributed by atoms with Gasteiger partial charge in [-0.1, -0.05) is 12.2 Å². The van der Waals surface area contributed by atoms with Gasteiger partial charge in [0, 0.05) is 30.2 Å². The fourth-order valence-corrected chi connectivity index (χ4v) is 5.13. The minimum Gasteiger partial charge on any atom is -0.481 e. The number of carboxylic acid groups (broad SMARTS) is 1. The molecule has 32 heavy (non-hydrogen) atoms. The van der Waals surface area contributed by atoms with E-state index in [2.05, 4.69) is 31.3 Å². The summed E-state index contributed by atoms with van der Waals surface area (Å²) in [6.45, 7) is 0. The number of aromatic nitrogens is 6. The summed E-state index contributed by atoms with van der Waals surface area (Å²) in [5.74, 6) is -0.816.